The van der Waals surface area contributed by atoms with Crippen molar-refractivity contribution in [1.29, 1.82) is 0 Å². The van der Waals surface area contributed by atoms with E-state index in [-0.39, 0.29) is 12.5 Å². The number of urea groups is 1. The highest BCUT2D eigenvalue weighted by atomic mass is 35.5. The van der Waals surface area contributed by atoms with E-state index in [1.165, 1.54) is 0 Å². The van der Waals surface area contributed by atoms with Gasteiger partial charge in [-0.25, -0.2) is 4.79 Å². The Morgan fingerprint density at radius 1 is 1.24 bits per heavy atom. The molecule has 1 aliphatic carbocycles. The van der Waals surface area contributed by atoms with Crippen LogP contribution in [0.15, 0.2) is 24.3 Å². The third-order valence-electron chi connectivity index (χ3n) is 4.31. The Balaban J connectivity index is 1.74. The van der Waals surface area contributed by atoms with Crippen molar-refractivity contribution < 1.29 is 14.7 Å². The van der Waals surface area contributed by atoms with Crippen LogP contribution in [-0.2, 0) is 4.79 Å². The van der Waals surface area contributed by atoms with Crippen LogP contribution in [0.2, 0.25) is 5.02 Å². The predicted octanol–water partition coefficient (Wildman–Crippen LogP) is 2.24. The van der Waals surface area contributed by atoms with Crippen LogP contribution in [-0.4, -0.2) is 34.0 Å². The maximum Gasteiger partial charge on any atom is 0.325 e. The molecule has 0 bridgehead atoms. The van der Waals surface area contributed by atoms with Crippen LogP contribution in [0.1, 0.15) is 37.4 Å². The van der Waals surface area contributed by atoms with E-state index in [2.05, 4.69) is 5.32 Å². The number of hydrogen-bond acceptors (Lipinski definition) is 3. The normalized spacial score (nSPS) is 21.9. The third kappa shape index (κ3) is 2.51. The van der Waals surface area contributed by atoms with Gasteiger partial charge in [-0.15, -0.1) is 0 Å². The SMILES string of the molecule is O=C1NC2(CCCC2)C(=O)N1C[C@H](O)c1ccc(Cl)cc1. The molecular formula is C15H17ClN2O3. The number of rotatable bonds is 3. The predicted molar refractivity (Wildman–Crippen MR) is 77.9 cm³/mol. The summed E-state index contributed by atoms with van der Waals surface area (Å²) in [6.45, 7) is -0.0337. The number of carbonyl (C=O) groups excluding carboxylic acids is 2. The zero-order chi connectivity index (χ0) is 15.0. The van der Waals surface area contributed by atoms with E-state index in [0.717, 1.165) is 17.7 Å². The van der Waals surface area contributed by atoms with Crippen LogP contribution >= 0.6 is 11.6 Å². The summed E-state index contributed by atoms with van der Waals surface area (Å²) >= 11 is 5.80. The lowest BCUT2D eigenvalue weighted by Crippen LogP contribution is -2.44. The summed E-state index contributed by atoms with van der Waals surface area (Å²) < 4.78 is 0. The largest absolute Gasteiger partial charge is 0.387 e. The zero-order valence-corrected chi connectivity index (χ0v) is 12.3. The number of nitrogens with zero attached hydrogens (tertiary/aromatic N) is 1. The summed E-state index contributed by atoms with van der Waals surface area (Å²) in [6, 6.07) is 6.32. The summed E-state index contributed by atoms with van der Waals surface area (Å²) in [5.74, 6) is -0.210. The summed E-state index contributed by atoms with van der Waals surface area (Å²) in [5, 5.41) is 13.6. The summed E-state index contributed by atoms with van der Waals surface area (Å²) in [4.78, 5) is 25.6. The molecule has 1 aromatic rings. The first kappa shape index (κ1) is 14.4. The van der Waals surface area contributed by atoms with E-state index in [4.69, 9.17) is 11.6 Å². The number of aliphatic hydroxyl groups excluding tert-OH is 1. The van der Waals surface area contributed by atoms with Gasteiger partial charge < -0.3 is 10.4 Å². The third-order valence-corrected chi connectivity index (χ3v) is 4.57. The first-order valence-electron chi connectivity index (χ1n) is 7.09. The van der Waals surface area contributed by atoms with Gasteiger partial charge in [-0.1, -0.05) is 36.6 Å². The summed E-state index contributed by atoms with van der Waals surface area (Å²) in [7, 11) is 0. The highest BCUT2D eigenvalue weighted by Crippen LogP contribution is 2.35. The van der Waals surface area contributed by atoms with Crippen molar-refractivity contribution in [2.75, 3.05) is 6.54 Å². The fraction of sp³-hybridized carbons (Fsp3) is 0.467. The van der Waals surface area contributed by atoms with Crippen LogP contribution < -0.4 is 5.32 Å². The van der Waals surface area contributed by atoms with E-state index in [0.29, 0.717) is 23.4 Å². The van der Waals surface area contributed by atoms with Crippen molar-refractivity contribution in [2.24, 2.45) is 0 Å². The molecular weight excluding hydrogens is 292 g/mol. The van der Waals surface area contributed by atoms with E-state index in [1.807, 2.05) is 0 Å². The second kappa shape index (κ2) is 5.31. The Kier molecular flexibility index (Phi) is 3.63. The van der Waals surface area contributed by atoms with Crippen LogP contribution in [0.3, 0.4) is 0 Å². The molecule has 1 atom stereocenters. The van der Waals surface area contributed by atoms with Crippen LogP contribution in [0, 0.1) is 0 Å². The van der Waals surface area contributed by atoms with Gasteiger partial charge in [0.05, 0.1) is 12.6 Å². The number of halogens is 1. The minimum Gasteiger partial charge on any atom is -0.387 e. The second-order valence-electron chi connectivity index (χ2n) is 5.70. The number of β-amino-alcohol motifs (C(OH)–C–C–N with tert-alkyl or cyclic N) is 1. The fourth-order valence-corrected chi connectivity index (χ4v) is 3.25. The van der Waals surface area contributed by atoms with Crippen LogP contribution in [0.4, 0.5) is 4.79 Å². The molecule has 3 amide bonds. The number of benzene rings is 1. The van der Waals surface area contributed by atoms with Gasteiger partial charge in [-0.3, -0.25) is 9.69 Å². The highest BCUT2D eigenvalue weighted by molar-refractivity contribution is 6.30. The number of amides is 3. The number of nitrogens with one attached hydrogen (secondary N) is 1. The van der Waals surface area contributed by atoms with E-state index >= 15 is 0 Å². The molecule has 2 fully saturated rings. The Hall–Kier alpha value is -1.59. The van der Waals surface area contributed by atoms with Gasteiger partial charge in [0.2, 0.25) is 0 Å². The lowest BCUT2D eigenvalue weighted by Gasteiger charge is -2.21. The van der Waals surface area contributed by atoms with Gasteiger partial charge in [0.15, 0.2) is 0 Å². The zero-order valence-electron chi connectivity index (χ0n) is 11.5. The summed E-state index contributed by atoms with van der Waals surface area (Å²) in [6.07, 6.45) is 2.35. The van der Waals surface area contributed by atoms with Gasteiger partial charge in [0.25, 0.3) is 5.91 Å². The van der Waals surface area contributed by atoms with Crippen molar-refractivity contribution in [3.8, 4) is 0 Å². The minimum absolute atomic E-state index is 0.0337. The molecule has 3 rings (SSSR count). The van der Waals surface area contributed by atoms with E-state index in [9.17, 15) is 14.7 Å². The quantitative estimate of drug-likeness (QED) is 0.841. The average molecular weight is 309 g/mol. The van der Waals surface area contributed by atoms with Gasteiger partial charge in [-0.2, -0.15) is 0 Å². The van der Waals surface area contributed by atoms with Crippen molar-refractivity contribution in [1.82, 2.24) is 10.2 Å². The molecule has 1 heterocycles. The molecule has 5 nitrogen and oxygen atoms in total. The minimum atomic E-state index is -0.909. The molecule has 2 N–H and O–H groups in total. The van der Waals surface area contributed by atoms with Crippen molar-refractivity contribution in [3.63, 3.8) is 0 Å². The number of aliphatic hydroxyl groups is 1. The molecule has 1 saturated heterocycles. The second-order valence-corrected chi connectivity index (χ2v) is 6.14. The molecule has 2 aliphatic rings. The van der Waals surface area contributed by atoms with E-state index in [1.54, 1.807) is 24.3 Å². The Morgan fingerprint density at radius 3 is 2.48 bits per heavy atom. The Morgan fingerprint density at radius 2 is 1.86 bits per heavy atom. The average Bonchev–Trinajstić information content (AvgIpc) is 3.01. The number of carbonyl (C=O) groups is 2. The maximum atomic E-state index is 12.5. The molecule has 1 spiro atoms. The number of hydrogen-bond donors (Lipinski definition) is 2. The van der Waals surface area contributed by atoms with Gasteiger partial charge in [0.1, 0.15) is 5.54 Å². The smallest absolute Gasteiger partial charge is 0.325 e. The Labute approximate surface area is 127 Å². The number of imide groups is 1. The monoisotopic (exact) mass is 308 g/mol. The molecule has 0 radical (unpaired) electrons. The van der Waals surface area contributed by atoms with Gasteiger partial charge >= 0.3 is 6.03 Å². The molecule has 21 heavy (non-hydrogen) atoms. The molecule has 6 heteroatoms. The molecule has 112 valence electrons. The van der Waals surface area contributed by atoms with Crippen LogP contribution in [0.25, 0.3) is 0 Å². The van der Waals surface area contributed by atoms with Gasteiger partial charge in [-0.05, 0) is 30.5 Å². The van der Waals surface area contributed by atoms with Crippen molar-refractivity contribution in [2.45, 2.75) is 37.3 Å². The topological polar surface area (TPSA) is 69.6 Å². The standard InChI is InChI=1S/C15H17ClN2O3/c16-11-5-3-10(4-6-11)12(19)9-18-13(20)15(17-14(18)21)7-1-2-8-15/h3-6,12,19H,1-2,7-9H2,(H,17,21)/t12-/m0/s1. The molecule has 0 aromatic heterocycles. The van der Waals surface area contributed by atoms with Crippen molar-refractivity contribution >= 4 is 23.5 Å². The highest BCUT2D eigenvalue weighted by Gasteiger charge is 2.52. The lowest BCUT2D eigenvalue weighted by molar-refractivity contribution is -0.132. The fourth-order valence-electron chi connectivity index (χ4n) is 3.12. The molecule has 1 aliphatic heterocycles. The van der Waals surface area contributed by atoms with Crippen molar-refractivity contribution in [3.05, 3.63) is 34.9 Å². The first-order chi connectivity index (χ1) is 10.0. The van der Waals surface area contributed by atoms with Crippen LogP contribution in [0.5, 0.6) is 0 Å². The Bertz CT molecular complexity index is 567. The maximum absolute atomic E-state index is 12.5. The van der Waals surface area contributed by atoms with E-state index < -0.39 is 17.7 Å². The first-order valence-corrected chi connectivity index (χ1v) is 7.47. The molecule has 1 aromatic carbocycles. The summed E-state index contributed by atoms with van der Waals surface area (Å²) in [5.41, 5.74) is -0.0936. The van der Waals surface area contributed by atoms with Gasteiger partial charge in [0, 0.05) is 5.02 Å². The molecule has 0 unspecified atom stereocenters. The lowest BCUT2D eigenvalue weighted by atomic mass is 9.98. The molecule has 1 saturated carbocycles.